The first-order chi connectivity index (χ1) is 14.8. The van der Waals surface area contributed by atoms with Crippen molar-refractivity contribution in [2.45, 2.75) is 25.1 Å². The molecule has 1 saturated heterocycles. The molecule has 1 unspecified atom stereocenters. The molecule has 31 heavy (non-hydrogen) atoms. The van der Waals surface area contributed by atoms with E-state index < -0.39 is 23.6 Å². The monoisotopic (exact) mass is 437 g/mol. The number of carbonyl (C=O) groups excluding carboxylic acids is 2. The van der Waals surface area contributed by atoms with E-state index in [-0.39, 0.29) is 42.8 Å². The highest BCUT2D eigenvalue weighted by Crippen LogP contribution is 2.30. The second-order valence-corrected chi connectivity index (χ2v) is 7.01. The van der Waals surface area contributed by atoms with Gasteiger partial charge in [-0.25, -0.2) is 4.98 Å². The van der Waals surface area contributed by atoms with Crippen LogP contribution in [0, 0.1) is 0 Å². The Bertz CT molecular complexity index is 936. The van der Waals surface area contributed by atoms with Crippen molar-refractivity contribution < 1.29 is 32.6 Å². The van der Waals surface area contributed by atoms with Crippen LogP contribution < -0.4 is 10.1 Å². The van der Waals surface area contributed by atoms with E-state index in [1.165, 1.54) is 23.2 Å². The standard InChI is InChI=1S/C21H22F3N3O4/c22-21(23,24)15-5-1-4-14(12-15)20(30)27-10-3-6-16(27)13-31-17-7-2-8-25-18(17)19(29)26-9-11-28/h1-2,4-5,7-8,12,16,28H,3,6,9-11,13H2,(H,26,29). The maximum atomic E-state index is 13.0. The average molecular weight is 437 g/mol. The first-order valence-electron chi connectivity index (χ1n) is 9.76. The van der Waals surface area contributed by atoms with E-state index in [2.05, 4.69) is 10.3 Å². The summed E-state index contributed by atoms with van der Waals surface area (Å²) < 4.78 is 44.7. The third-order valence-corrected chi connectivity index (χ3v) is 4.89. The Balaban J connectivity index is 1.70. The zero-order valence-corrected chi connectivity index (χ0v) is 16.6. The summed E-state index contributed by atoms with van der Waals surface area (Å²) in [4.78, 5) is 30.5. The van der Waals surface area contributed by atoms with Gasteiger partial charge in [0.05, 0.1) is 18.2 Å². The van der Waals surface area contributed by atoms with Gasteiger partial charge in [-0.3, -0.25) is 9.59 Å². The lowest BCUT2D eigenvalue weighted by molar-refractivity contribution is -0.137. The van der Waals surface area contributed by atoms with E-state index in [0.717, 1.165) is 12.1 Å². The number of alkyl halides is 3. The fraction of sp³-hybridized carbons (Fsp3) is 0.381. The Morgan fingerprint density at radius 2 is 2.06 bits per heavy atom. The summed E-state index contributed by atoms with van der Waals surface area (Å²) in [5.41, 5.74) is -0.865. The molecule has 0 bridgehead atoms. The number of hydrogen-bond donors (Lipinski definition) is 2. The quantitative estimate of drug-likeness (QED) is 0.695. The largest absolute Gasteiger partial charge is 0.489 e. The summed E-state index contributed by atoms with van der Waals surface area (Å²) in [7, 11) is 0. The molecular weight excluding hydrogens is 415 g/mol. The maximum Gasteiger partial charge on any atom is 0.416 e. The molecule has 1 aliphatic heterocycles. The van der Waals surface area contributed by atoms with Crippen LogP contribution in [0.5, 0.6) is 5.75 Å². The molecule has 166 valence electrons. The highest BCUT2D eigenvalue weighted by molar-refractivity contribution is 5.95. The van der Waals surface area contributed by atoms with Crippen LogP contribution in [0.25, 0.3) is 0 Å². The minimum atomic E-state index is -4.53. The van der Waals surface area contributed by atoms with Gasteiger partial charge >= 0.3 is 6.18 Å². The Hall–Kier alpha value is -3.14. The van der Waals surface area contributed by atoms with Crippen LogP contribution in [0.2, 0.25) is 0 Å². The first kappa shape index (κ1) is 22.5. The molecule has 0 saturated carbocycles. The number of aromatic nitrogens is 1. The number of aliphatic hydroxyl groups is 1. The van der Waals surface area contributed by atoms with E-state index in [1.54, 1.807) is 12.1 Å². The van der Waals surface area contributed by atoms with Crippen molar-refractivity contribution in [1.82, 2.24) is 15.2 Å². The lowest BCUT2D eigenvalue weighted by atomic mass is 10.1. The van der Waals surface area contributed by atoms with Crippen LogP contribution in [0.15, 0.2) is 42.6 Å². The maximum absolute atomic E-state index is 13.0. The summed E-state index contributed by atoms with van der Waals surface area (Å²) in [6.45, 7) is 0.316. The van der Waals surface area contributed by atoms with Crippen molar-refractivity contribution in [3.8, 4) is 5.75 Å². The number of pyridine rings is 1. The van der Waals surface area contributed by atoms with Gasteiger partial charge in [-0.2, -0.15) is 13.2 Å². The summed E-state index contributed by atoms with van der Waals surface area (Å²) >= 11 is 0. The zero-order valence-electron chi connectivity index (χ0n) is 16.6. The normalized spacial score (nSPS) is 16.3. The van der Waals surface area contributed by atoms with Crippen LogP contribution in [0.1, 0.15) is 39.3 Å². The van der Waals surface area contributed by atoms with E-state index in [0.29, 0.717) is 19.4 Å². The molecule has 1 aliphatic rings. The Morgan fingerprint density at radius 3 is 2.81 bits per heavy atom. The Kier molecular flexibility index (Phi) is 7.11. The number of hydrogen-bond acceptors (Lipinski definition) is 5. The van der Waals surface area contributed by atoms with Gasteiger partial charge in [0, 0.05) is 24.8 Å². The van der Waals surface area contributed by atoms with E-state index in [1.807, 2.05) is 0 Å². The molecule has 1 atom stereocenters. The van der Waals surface area contributed by atoms with E-state index in [9.17, 15) is 22.8 Å². The molecule has 1 aromatic heterocycles. The number of nitrogens with zero attached hydrogens (tertiary/aromatic N) is 2. The molecule has 0 aliphatic carbocycles. The number of benzene rings is 1. The van der Waals surface area contributed by atoms with Gasteiger partial charge in [0.15, 0.2) is 11.4 Å². The lowest BCUT2D eigenvalue weighted by Gasteiger charge is -2.25. The Morgan fingerprint density at radius 1 is 1.26 bits per heavy atom. The molecular formula is C21H22F3N3O4. The minimum absolute atomic E-state index is 0.0350. The summed E-state index contributed by atoms with van der Waals surface area (Å²) in [5.74, 6) is -0.784. The third-order valence-electron chi connectivity index (χ3n) is 4.89. The van der Waals surface area contributed by atoms with Gasteiger partial charge in [0.25, 0.3) is 11.8 Å². The van der Waals surface area contributed by atoms with E-state index in [4.69, 9.17) is 9.84 Å². The van der Waals surface area contributed by atoms with Crippen LogP contribution in [-0.4, -0.2) is 59.1 Å². The van der Waals surface area contributed by atoms with Gasteiger partial charge in [-0.15, -0.1) is 0 Å². The van der Waals surface area contributed by atoms with Crippen LogP contribution in [0.3, 0.4) is 0 Å². The lowest BCUT2D eigenvalue weighted by Crippen LogP contribution is -2.39. The SMILES string of the molecule is O=C(NCCO)c1ncccc1OCC1CCCN1C(=O)c1cccc(C(F)(F)F)c1. The molecule has 2 amide bonds. The Labute approximate surface area is 176 Å². The predicted octanol–water partition coefficient (Wildman–Crippen LogP) is 2.51. The van der Waals surface area contributed by atoms with Crippen molar-refractivity contribution in [1.29, 1.82) is 0 Å². The molecule has 1 aromatic carbocycles. The smallest absolute Gasteiger partial charge is 0.416 e. The number of likely N-dealkylation sites (tertiary alicyclic amines) is 1. The molecule has 10 heteroatoms. The van der Waals surface area contributed by atoms with Gasteiger partial charge in [-0.1, -0.05) is 6.07 Å². The molecule has 1 fully saturated rings. The summed E-state index contributed by atoms with van der Waals surface area (Å²) in [5, 5.41) is 11.3. The van der Waals surface area contributed by atoms with Crippen molar-refractivity contribution in [3.05, 3.63) is 59.4 Å². The molecule has 2 N–H and O–H groups in total. The highest BCUT2D eigenvalue weighted by Gasteiger charge is 2.34. The second kappa shape index (κ2) is 9.78. The molecule has 0 spiro atoms. The second-order valence-electron chi connectivity index (χ2n) is 7.01. The van der Waals surface area contributed by atoms with Crippen LogP contribution >= 0.6 is 0 Å². The van der Waals surface area contributed by atoms with Crippen LogP contribution in [0.4, 0.5) is 13.2 Å². The number of rotatable bonds is 7. The fourth-order valence-corrected chi connectivity index (χ4v) is 3.39. The van der Waals surface area contributed by atoms with Crippen LogP contribution in [-0.2, 0) is 6.18 Å². The van der Waals surface area contributed by atoms with Crippen molar-refractivity contribution >= 4 is 11.8 Å². The van der Waals surface area contributed by atoms with Gasteiger partial charge in [0.2, 0.25) is 0 Å². The zero-order chi connectivity index (χ0) is 22.4. The summed E-state index contributed by atoms with van der Waals surface area (Å²) in [6, 6.07) is 7.16. The van der Waals surface area contributed by atoms with E-state index >= 15 is 0 Å². The molecule has 3 rings (SSSR count). The topological polar surface area (TPSA) is 91.8 Å². The number of halogens is 3. The highest BCUT2D eigenvalue weighted by atomic mass is 19.4. The number of nitrogens with one attached hydrogen (secondary N) is 1. The van der Waals surface area contributed by atoms with Gasteiger partial charge in [0.1, 0.15) is 6.61 Å². The fourth-order valence-electron chi connectivity index (χ4n) is 3.39. The molecule has 2 heterocycles. The first-order valence-corrected chi connectivity index (χ1v) is 9.76. The third kappa shape index (κ3) is 5.52. The molecule has 7 nitrogen and oxygen atoms in total. The van der Waals surface area contributed by atoms with Crippen molar-refractivity contribution in [2.75, 3.05) is 26.3 Å². The summed E-state index contributed by atoms with van der Waals surface area (Å²) in [6.07, 6.45) is -1.79. The number of ether oxygens (including phenoxy) is 1. The van der Waals surface area contributed by atoms with Crippen molar-refractivity contribution in [2.24, 2.45) is 0 Å². The average Bonchev–Trinajstić information content (AvgIpc) is 3.23. The van der Waals surface area contributed by atoms with Gasteiger partial charge < -0.3 is 20.1 Å². The predicted molar refractivity (Wildman–Crippen MR) is 105 cm³/mol. The molecule has 0 radical (unpaired) electrons. The number of aliphatic hydroxyl groups excluding tert-OH is 1. The van der Waals surface area contributed by atoms with Crippen molar-refractivity contribution in [3.63, 3.8) is 0 Å². The number of amides is 2. The molecule has 2 aromatic rings. The van der Waals surface area contributed by atoms with Gasteiger partial charge in [-0.05, 0) is 43.2 Å². The number of carbonyl (C=O) groups is 2. The minimum Gasteiger partial charge on any atom is -0.489 e.